The molecule has 21 heavy (non-hydrogen) atoms. The van der Waals surface area contributed by atoms with Gasteiger partial charge in [0.2, 0.25) is 0 Å². The Morgan fingerprint density at radius 3 is 2.86 bits per heavy atom. The second kappa shape index (κ2) is 6.29. The molecular weight excluding hydrogens is 264 g/mol. The van der Waals surface area contributed by atoms with Crippen molar-refractivity contribution in [1.29, 1.82) is 0 Å². The molecule has 1 heterocycles. The van der Waals surface area contributed by atoms with Gasteiger partial charge in [0, 0.05) is 6.42 Å². The molecule has 1 aliphatic carbocycles. The van der Waals surface area contributed by atoms with Crippen molar-refractivity contribution in [2.24, 2.45) is 5.92 Å². The number of hydrogen-bond donors (Lipinski definition) is 2. The Hall–Kier alpha value is -1.84. The number of fused-ring (bicyclic) bond motifs is 1. The zero-order chi connectivity index (χ0) is 14.7. The molecule has 2 aromatic rings. The third-order valence-corrected chi connectivity index (χ3v) is 4.46. The Morgan fingerprint density at radius 2 is 2.10 bits per heavy atom. The number of carbonyl (C=O) groups is 1. The van der Waals surface area contributed by atoms with Crippen LogP contribution in [0.15, 0.2) is 18.2 Å². The lowest BCUT2D eigenvalue weighted by Crippen LogP contribution is -2.07. The van der Waals surface area contributed by atoms with E-state index in [4.69, 9.17) is 5.11 Å². The number of aromatic nitrogens is 2. The summed E-state index contributed by atoms with van der Waals surface area (Å²) in [7, 11) is 0. The number of nitrogens with one attached hydrogen (secondary N) is 1. The molecule has 1 saturated carbocycles. The Balaban J connectivity index is 1.67. The molecule has 0 atom stereocenters. The summed E-state index contributed by atoms with van der Waals surface area (Å²) < 4.78 is 0. The topological polar surface area (TPSA) is 66.0 Å². The third-order valence-electron chi connectivity index (χ3n) is 4.46. The molecule has 0 saturated heterocycles. The normalized spacial score (nSPS) is 16.4. The minimum atomic E-state index is -0.800. The summed E-state index contributed by atoms with van der Waals surface area (Å²) in [5.74, 6) is 1.09. The van der Waals surface area contributed by atoms with Crippen LogP contribution in [0.2, 0.25) is 0 Å². The lowest BCUT2D eigenvalue weighted by molar-refractivity contribution is -0.136. The summed E-state index contributed by atoms with van der Waals surface area (Å²) in [5.41, 5.74) is 2.70. The summed E-state index contributed by atoms with van der Waals surface area (Å²) in [6, 6.07) is 5.66. The zero-order valence-corrected chi connectivity index (χ0v) is 12.3. The van der Waals surface area contributed by atoms with Crippen molar-refractivity contribution in [3.8, 4) is 0 Å². The van der Waals surface area contributed by atoms with Gasteiger partial charge in [-0.3, -0.25) is 4.79 Å². The fraction of sp³-hybridized carbons (Fsp3) is 0.529. The van der Waals surface area contributed by atoms with Gasteiger partial charge in [0.1, 0.15) is 5.82 Å². The predicted molar refractivity (Wildman–Crippen MR) is 82.3 cm³/mol. The smallest absolute Gasteiger partial charge is 0.307 e. The summed E-state index contributed by atoms with van der Waals surface area (Å²) in [5, 5.41) is 8.85. The highest BCUT2D eigenvalue weighted by molar-refractivity contribution is 5.78. The molecule has 2 N–H and O–H groups in total. The van der Waals surface area contributed by atoms with Gasteiger partial charge < -0.3 is 10.1 Å². The van der Waals surface area contributed by atoms with Crippen LogP contribution in [0.1, 0.15) is 49.9 Å². The van der Waals surface area contributed by atoms with E-state index in [2.05, 4.69) is 9.97 Å². The van der Waals surface area contributed by atoms with Gasteiger partial charge in [0.05, 0.1) is 17.5 Å². The third kappa shape index (κ3) is 3.63. The number of imidazole rings is 1. The number of hydrogen-bond acceptors (Lipinski definition) is 2. The second-order valence-electron chi connectivity index (χ2n) is 6.15. The highest BCUT2D eigenvalue weighted by Crippen LogP contribution is 2.27. The van der Waals surface area contributed by atoms with Crippen LogP contribution in [-0.2, 0) is 17.6 Å². The van der Waals surface area contributed by atoms with Crippen LogP contribution in [0.3, 0.4) is 0 Å². The Morgan fingerprint density at radius 1 is 1.29 bits per heavy atom. The molecule has 4 heteroatoms. The molecule has 4 nitrogen and oxygen atoms in total. The highest BCUT2D eigenvalue weighted by atomic mass is 16.4. The molecule has 0 aliphatic heterocycles. The van der Waals surface area contributed by atoms with Gasteiger partial charge in [-0.05, 0) is 30.0 Å². The van der Waals surface area contributed by atoms with Crippen LogP contribution >= 0.6 is 0 Å². The molecule has 112 valence electrons. The van der Waals surface area contributed by atoms with E-state index < -0.39 is 5.97 Å². The van der Waals surface area contributed by atoms with Crippen molar-refractivity contribution in [1.82, 2.24) is 9.97 Å². The second-order valence-corrected chi connectivity index (χ2v) is 6.15. The number of carboxylic acid groups (broad SMARTS) is 1. The van der Waals surface area contributed by atoms with Crippen molar-refractivity contribution in [2.45, 2.75) is 51.4 Å². The molecule has 1 aliphatic rings. The molecule has 1 aromatic carbocycles. The average molecular weight is 286 g/mol. The molecule has 0 radical (unpaired) electrons. The number of benzene rings is 1. The number of nitrogens with zero attached hydrogens (tertiary/aromatic N) is 1. The van der Waals surface area contributed by atoms with E-state index in [-0.39, 0.29) is 6.42 Å². The molecule has 1 fully saturated rings. The van der Waals surface area contributed by atoms with E-state index in [1.165, 1.54) is 38.5 Å². The largest absolute Gasteiger partial charge is 0.481 e. The predicted octanol–water partition coefficient (Wildman–Crippen LogP) is 3.70. The van der Waals surface area contributed by atoms with Gasteiger partial charge in [0.25, 0.3) is 0 Å². The van der Waals surface area contributed by atoms with Gasteiger partial charge in [0.15, 0.2) is 0 Å². The summed E-state index contributed by atoms with van der Waals surface area (Å²) in [6.45, 7) is 0. The molecule has 1 aromatic heterocycles. The van der Waals surface area contributed by atoms with Crippen LogP contribution in [0.4, 0.5) is 0 Å². The van der Waals surface area contributed by atoms with Crippen LogP contribution in [0.25, 0.3) is 11.0 Å². The summed E-state index contributed by atoms with van der Waals surface area (Å²) >= 11 is 0. The fourth-order valence-corrected chi connectivity index (χ4v) is 3.33. The van der Waals surface area contributed by atoms with E-state index >= 15 is 0 Å². The lowest BCUT2D eigenvalue weighted by Gasteiger charge is -2.20. The van der Waals surface area contributed by atoms with Gasteiger partial charge in [-0.15, -0.1) is 0 Å². The standard InChI is InChI=1S/C17H22N2O2/c20-17(21)11-13-6-8-14-15(10-13)19-16(18-14)9-7-12-4-2-1-3-5-12/h6,8,10,12H,1-5,7,9,11H2,(H,18,19)(H,20,21). The lowest BCUT2D eigenvalue weighted by atomic mass is 9.86. The van der Waals surface area contributed by atoms with E-state index in [0.29, 0.717) is 0 Å². The minimum Gasteiger partial charge on any atom is -0.481 e. The van der Waals surface area contributed by atoms with Crippen molar-refractivity contribution in [3.63, 3.8) is 0 Å². The first-order valence-electron chi connectivity index (χ1n) is 7.90. The van der Waals surface area contributed by atoms with E-state index in [1.54, 1.807) is 0 Å². The Kier molecular flexibility index (Phi) is 4.23. The summed E-state index contributed by atoms with van der Waals surface area (Å²) in [6.07, 6.45) is 9.15. The highest BCUT2D eigenvalue weighted by Gasteiger charge is 2.14. The zero-order valence-electron chi connectivity index (χ0n) is 12.3. The molecule has 3 rings (SSSR count). The maximum Gasteiger partial charge on any atom is 0.307 e. The molecule has 0 bridgehead atoms. The summed E-state index contributed by atoms with van der Waals surface area (Å²) in [4.78, 5) is 18.7. The Bertz CT molecular complexity index is 627. The van der Waals surface area contributed by atoms with E-state index in [1.807, 2.05) is 18.2 Å². The first kappa shape index (κ1) is 14.1. The van der Waals surface area contributed by atoms with Crippen LogP contribution < -0.4 is 0 Å². The number of carboxylic acids is 1. The van der Waals surface area contributed by atoms with Crippen molar-refractivity contribution >= 4 is 17.0 Å². The average Bonchev–Trinajstić information content (AvgIpc) is 2.88. The fourth-order valence-electron chi connectivity index (χ4n) is 3.33. The number of H-pyrrole nitrogens is 1. The monoisotopic (exact) mass is 286 g/mol. The maximum absolute atomic E-state index is 10.8. The minimum absolute atomic E-state index is 0.0619. The SMILES string of the molecule is O=C(O)Cc1ccc2nc(CCC3CCCCC3)[nH]c2c1. The molecule has 0 unspecified atom stereocenters. The number of aromatic amines is 1. The maximum atomic E-state index is 10.8. The van der Waals surface area contributed by atoms with Gasteiger partial charge in [-0.25, -0.2) is 4.98 Å². The molecule has 0 amide bonds. The number of rotatable bonds is 5. The van der Waals surface area contributed by atoms with Crippen molar-refractivity contribution in [2.75, 3.05) is 0 Å². The number of aliphatic carboxylic acids is 1. The van der Waals surface area contributed by atoms with Gasteiger partial charge in [-0.1, -0.05) is 38.2 Å². The quantitative estimate of drug-likeness (QED) is 0.880. The van der Waals surface area contributed by atoms with Gasteiger partial charge >= 0.3 is 5.97 Å². The number of aryl methyl sites for hydroxylation is 1. The molecular formula is C17H22N2O2. The van der Waals surface area contributed by atoms with Crippen LogP contribution in [-0.4, -0.2) is 21.0 Å². The van der Waals surface area contributed by atoms with Crippen LogP contribution in [0, 0.1) is 5.92 Å². The van der Waals surface area contributed by atoms with Crippen molar-refractivity contribution < 1.29 is 9.90 Å². The van der Waals surface area contributed by atoms with E-state index in [9.17, 15) is 4.79 Å². The van der Waals surface area contributed by atoms with Gasteiger partial charge in [-0.2, -0.15) is 0 Å². The van der Waals surface area contributed by atoms with Crippen LogP contribution in [0.5, 0.6) is 0 Å². The first-order valence-corrected chi connectivity index (χ1v) is 7.90. The molecule has 0 spiro atoms. The van der Waals surface area contributed by atoms with E-state index in [0.717, 1.165) is 34.8 Å². The van der Waals surface area contributed by atoms with Crippen molar-refractivity contribution in [3.05, 3.63) is 29.6 Å². The first-order chi connectivity index (χ1) is 10.2. The Labute approximate surface area is 124 Å².